The molecule has 2 aromatic heterocycles. The van der Waals surface area contributed by atoms with Gasteiger partial charge in [-0.3, -0.25) is 4.68 Å². The molecule has 21 heavy (non-hydrogen) atoms. The third kappa shape index (κ3) is 2.41. The lowest BCUT2D eigenvalue weighted by molar-refractivity contribution is 0.403. The molecule has 0 saturated heterocycles. The number of fused-ring (bicyclic) bond motifs is 1. The minimum atomic E-state index is -0.213. The van der Waals surface area contributed by atoms with Crippen LogP contribution in [0.15, 0.2) is 30.5 Å². The number of thiophene rings is 1. The minimum Gasteiger partial charge on any atom is -0.493 e. The molecule has 1 unspecified atom stereocenters. The molecular weight excluding hydrogens is 289 g/mol. The van der Waals surface area contributed by atoms with Crippen molar-refractivity contribution in [2.24, 2.45) is 7.05 Å². The Hall–Kier alpha value is -1.92. The van der Waals surface area contributed by atoms with E-state index in [2.05, 4.69) is 16.5 Å². The van der Waals surface area contributed by atoms with E-state index in [1.54, 1.807) is 41.5 Å². The molecule has 2 heterocycles. The molecule has 0 aliphatic rings. The number of halogens is 1. The van der Waals surface area contributed by atoms with Crippen molar-refractivity contribution in [3.63, 3.8) is 0 Å². The standard InChI is InChI=1S/C15H16FN3OS/c1-17-14(15-11(20-3)8-18-19(15)2)13-6-9-4-5-10(16)7-12(9)21-13/h4-8,14,17H,1-3H3. The van der Waals surface area contributed by atoms with Crippen molar-refractivity contribution in [2.75, 3.05) is 14.2 Å². The number of nitrogens with one attached hydrogen (secondary N) is 1. The molecule has 0 fully saturated rings. The van der Waals surface area contributed by atoms with E-state index in [0.717, 1.165) is 26.4 Å². The summed E-state index contributed by atoms with van der Waals surface area (Å²) in [6, 6.07) is 6.88. The summed E-state index contributed by atoms with van der Waals surface area (Å²) in [4.78, 5) is 1.10. The molecule has 0 aliphatic carbocycles. The number of hydrogen-bond acceptors (Lipinski definition) is 4. The predicted molar refractivity (Wildman–Crippen MR) is 82.4 cm³/mol. The van der Waals surface area contributed by atoms with Gasteiger partial charge < -0.3 is 10.1 Å². The van der Waals surface area contributed by atoms with Crippen molar-refractivity contribution in [1.82, 2.24) is 15.1 Å². The SMILES string of the molecule is CNC(c1cc2ccc(F)cc2s1)c1c(OC)cnn1C. The van der Waals surface area contributed by atoms with Crippen LogP contribution in [0.4, 0.5) is 4.39 Å². The zero-order chi connectivity index (χ0) is 15.0. The quantitative estimate of drug-likeness (QED) is 0.805. The van der Waals surface area contributed by atoms with E-state index < -0.39 is 0 Å². The molecule has 0 radical (unpaired) electrons. The van der Waals surface area contributed by atoms with Gasteiger partial charge in [0, 0.05) is 16.6 Å². The number of rotatable bonds is 4. The lowest BCUT2D eigenvalue weighted by Crippen LogP contribution is -2.20. The van der Waals surface area contributed by atoms with Crippen molar-refractivity contribution in [2.45, 2.75) is 6.04 Å². The van der Waals surface area contributed by atoms with E-state index in [1.165, 1.54) is 6.07 Å². The highest BCUT2D eigenvalue weighted by Crippen LogP contribution is 2.36. The van der Waals surface area contributed by atoms with E-state index in [0.29, 0.717) is 0 Å². The van der Waals surface area contributed by atoms with E-state index in [-0.39, 0.29) is 11.9 Å². The third-order valence-corrected chi connectivity index (χ3v) is 4.68. The van der Waals surface area contributed by atoms with Gasteiger partial charge in [-0.15, -0.1) is 11.3 Å². The number of nitrogens with zero attached hydrogens (tertiary/aromatic N) is 2. The average molecular weight is 305 g/mol. The first kappa shape index (κ1) is 14.0. The van der Waals surface area contributed by atoms with Gasteiger partial charge in [-0.1, -0.05) is 6.07 Å². The van der Waals surface area contributed by atoms with Crippen molar-refractivity contribution in [3.05, 3.63) is 46.9 Å². The van der Waals surface area contributed by atoms with Crippen LogP contribution in [0.25, 0.3) is 10.1 Å². The van der Waals surface area contributed by atoms with Gasteiger partial charge in [0.1, 0.15) is 11.5 Å². The van der Waals surface area contributed by atoms with E-state index >= 15 is 0 Å². The number of hydrogen-bond donors (Lipinski definition) is 1. The molecule has 1 atom stereocenters. The Morgan fingerprint density at radius 3 is 2.90 bits per heavy atom. The summed E-state index contributed by atoms with van der Waals surface area (Å²) < 4.78 is 21.5. The Kier molecular flexibility index (Phi) is 3.65. The van der Waals surface area contributed by atoms with Gasteiger partial charge in [0.25, 0.3) is 0 Å². The van der Waals surface area contributed by atoms with Crippen LogP contribution in [0, 0.1) is 5.82 Å². The van der Waals surface area contributed by atoms with Crippen LogP contribution in [-0.2, 0) is 7.05 Å². The number of aromatic nitrogens is 2. The van der Waals surface area contributed by atoms with Crippen LogP contribution >= 0.6 is 11.3 Å². The second-order valence-corrected chi connectivity index (χ2v) is 5.89. The monoisotopic (exact) mass is 305 g/mol. The molecule has 4 nitrogen and oxygen atoms in total. The number of aryl methyl sites for hydroxylation is 1. The summed E-state index contributed by atoms with van der Waals surface area (Å²) in [6.45, 7) is 0. The molecule has 110 valence electrons. The fourth-order valence-corrected chi connectivity index (χ4v) is 3.70. The maximum Gasteiger partial charge on any atom is 0.161 e. The number of benzene rings is 1. The van der Waals surface area contributed by atoms with E-state index in [4.69, 9.17) is 4.74 Å². The Morgan fingerprint density at radius 1 is 1.38 bits per heavy atom. The van der Waals surface area contributed by atoms with Crippen molar-refractivity contribution in [3.8, 4) is 5.75 Å². The van der Waals surface area contributed by atoms with Gasteiger partial charge in [0.05, 0.1) is 19.3 Å². The Balaban J connectivity index is 2.11. The van der Waals surface area contributed by atoms with E-state index in [9.17, 15) is 4.39 Å². The predicted octanol–water partition coefficient (Wildman–Crippen LogP) is 3.09. The van der Waals surface area contributed by atoms with Gasteiger partial charge in [-0.2, -0.15) is 5.10 Å². The normalized spacial score (nSPS) is 12.8. The molecule has 0 aliphatic heterocycles. The molecule has 6 heteroatoms. The Labute approximate surface area is 126 Å². The molecule has 1 N–H and O–H groups in total. The van der Waals surface area contributed by atoms with Crippen molar-refractivity contribution in [1.29, 1.82) is 0 Å². The summed E-state index contributed by atoms with van der Waals surface area (Å²) in [5.41, 5.74) is 0.951. The van der Waals surface area contributed by atoms with Gasteiger partial charge in [0.15, 0.2) is 5.75 Å². The maximum absolute atomic E-state index is 13.3. The lowest BCUT2D eigenvalue weighted by Gasteiger charge is -2.16. The second-order valence-electron chi connectivity index (χ2n) is 4.77. The largest absolute Gasteiger partial charge is 0.493 e. The highest BCUT2D eigenvalue weighted by Gasteiger charge is 2.23. The molecule has 0 saturated carbocycles. The molecule has 3 rings (SSSR count). The molecule has 1 aromatic carbocycles. The summed E-state index contributed by atoms with van der Waals surface area (Å²) in [7, 11) is 5.41. The zero-order valence-corrected chi connectivity index (χ0v) is 12.9. The van der Waals surface area contributed by atoms with Crippen LogP contribution in [-0.4, -0.2) is 23.9 Å². The van der Waals surface area contributed by atoms with Crippen molar-refractivity contribution >= 4 is 21.4 Å². The highest BCUT2D eigenvalue weighted by molar-refractivity contribution is 7.19. The Bertz CT molecular complexity index is 780. The second kappa shape index (κ2) is 5.46. The summed E-state index contributed by atoms with van der Waals surface area (Å²) in [5.74, 6) is 0.524. The fraction of sp³-hybridized carbons (Fsp3) is 0.267. The zero-order valence-electron chi connectivity index (χ0n) is 12.1. The van der Waals surface area contributed by atoms with Crippen LogP contribution in [0.2, 0.25) is 0 Å². The smallest absolute Gasteiger partial charge is 0.161 e. The Morgan fingerprint density at radius 2 is 2.19 bits per heavy atom. The van der Waals surface area contributed by atoms with Gasteiger partial charge in [-0.25, -0.2) is 4.39 Å². The van der Waals surface area contributed by atoms with Crippen LogP contribution < -0.4 is 10.1 Å². The first-order valence-electron chi connectivity index (χ1n) is 6.56. The van der Waals surface area contributed by atoms with Gasteiger partial charge in [-0.05, 0) is 30.6 Å². The number of ether oxygens (including phenoxy) is 1. The van der Waals surface area contributed by atoms with Crippen LogP contribution in [0.3, 0.4) is 0 Å². The first-order chi connectivity index (χ1) is 10.1. The fourth-order valence-electron chi connectivity index (χ4n) is 2.49. The molecule has 0 bridgehead atoms. The number of methoxy groups -OCH3 is 1. The van der Waals surface area contributed by atoms with Gasteiger partial charge >= 0.3 is 0 Å². The summed E-state index contributed by atoms with van der Waals surface area (Å²) in [6.07, 6.45) is 1.70. The van der Waals surface area contributed by atoms with Crippen LogP contribution in [0.5, 0.6) is 5.75 Å². The average Bonchev–Trinajstić information content (AvgIpc) is 3.04. The molecule has 3 aromatic rings. The topological polar surface area (TPSA) is 39.1 Å². The molecule has 0 amide bonds. The minimum absolute atomic E-state index is 0.0482. The summed E-state index contributed by atoms with van der Waals surface area (Å²) >= 11 is 1.57. The van der Waals surface area contributed by atoms with Gasteiger partial charge in [0.2, 0.25) is 0 Å². The maximum atomic E-state index is 13.3. The highest BCUT2D eigenvalue weighted by atomic mass is 32.1. The first-order valence-corrected chi connectivity index (χ1v) is 7.38. The van der Waals surface area contributed by atoms with Crippen LogP contribution in [0.1, 0.15) is 16.6 Å². The summed E-state index contributed by atoms with van der Waals surface area (Å²) in [5, 5.41) is 8.57. The molecule has 0 spiro atoms. The molecular formula is C15H16FN3OS. The third-order valence-electron chi connectivity index (χ3n) is 3.52. The van der Waals surface area contributed by atoms with E-state index in [1.807, 2.05) is 14.1 Å². The van der Waals surface area contributed by atoms with Crippen molar-refractivity contribution < 1.29 is 9.13 Å². The lowest BCUT2D eigenvalue weighted by atomic mass is 10.1.